The molecule has 1 aromatic heterocycles. The maximum atomic E-state index is 5.87. The number of nitrogens with two attached hydrogens (primary N) is 1. The Morgan fingerprint density at radius 2 is 2.18 bits per heavy atom. The molecule has 0 fully saturated rings. The van der Waals surface area contributed by atoms with Gasteiger partial charge < -0.3 is 5.73 Å². The zero-order chi connectivity index (χ0) is 8.65. The maximum Gasteiger partial charge on any atom is 0.0836 e. The van der Waals surface area contributed by atoms with E-state index in [9.17, 15) is 0 Å². The first-order valence-corrected chi connectivity index (χ1v) is 3.77. The van der Waals surface area contributed by atoms with Crippen LogP contribution in [0.5, 0.6) is 0 Å². The van der Waals surface area contributed by atoms with Gasteiger partial charge in [-0.1, -0.05) is 11.6 Å². The summed E-state index contributed by atoms with van der Waals surface area (Å²) in [6.45, 7) is 3.80. The lowest BCUT2D eigenvalue weighted by Gasteiger charge is -2.19. The molecule has 0 amide bonds. The molecule has 1 rings (SSSR count). The second-order valence-electron chi connectivity index (χ2n) is 3.19. The fourth-order valence-corrected chi connectivity index (χ4v) is 1.55. The van der Waals surface area contributed by atoms with Crippen LogP contribution in [0.1, 0.15) is 19.5 Å². The third-order valence-electron chi connectivity index (χ3n) is 1.50. The van der Waals surface area contributed by atoms with Crippen molar-refractivity contribution in [2.75, 3.05) is 0 Å². The monoisotopic (exact) mass is 173 g/mol. The Bertz CT molecular complexity index is 240. The van der Waals surface area contributed by atoms with Gasteiger partial charge in [-0.25, -0.2) is 0 Å². The average Bonchev–Trinajstić information content (AvgIpc) is 2.08. The standard InChI is InChI=1S/C7H12ClN3/c1-7(2,9)6-5(8)4-10-11(6)3/h4H,9H2,1-3H3. The summed E-state index contributed by atoms with van der Waals surface area (Å²) < 4.78 is 1.70. The number of rotatable bonds is 1. The molecule has 0 atom stereocenters. The molecule has 0 aliphatic rings. The van der Waals surface area contributed by atoms with E-state index in [1.807, 2.05) is 20.9 Å². The van der Waals surface area contributed by atoms with Crippen molar-refractivity contribution in [1.82, 2.24) is 9.78 Å². The van der Waals surface area contributed by atoms with Crippen molar-refractivity contribution in [2.24, 2.45) is 12.8 Å². The largest absolute Gasteiger partial charge is 0.321 e. The molecule has 1 heterocycles. The molecule has 0 spiro atoms. The summed E-state index contributed by atoms with van der Waals surface area (Å²) in [7, 11) is 1.83. The molecular formula is C7H12ClN3. The van der Waals surface area contributed by atoms with Gasteiger partial charge in [-0.3, -0.25) is 4.68 Å². The maximum absolute atomic E-state index is 5.87. The van der Waals surface area contributed by atoms with Crippen LogP contribution in [0.2, 0.25) is 5.02 Å². The highest BCUT2D eigenvalue weighted by Crippen LogP contribution is 2.24. The van der Waals surface area contributed by atoms with Crippen molar-refractivity contribution in [2.45, 2.75) is 19.4 Å². The summed E-state index contributed by atoms with van der Waals surface area (Å²) >= 11 is 5.87. The predicted molar refractivity (Wildman–Crippen MR) is 45.4 cm³/mol. The van der Waals surface area contributed by atoms with Gasteiger partial charge in [0.15, 0.2) is 0 Å². The Labute approximate surface area is 71.1 Å². The second kappa shape index (κ2) is 2.50. The summed E-state index contributed by atoms with van der Waals surface area (Å²) in [5.74, 6) is 0. The van der Waals surface area contributed by atoms with E-state index in [2.05, 4.69) is 5.10 Å². The van der Waals surface area contributed by atoms with E-state index in [0.717, 1.165) is 5.69 Å². The molecule has 2 N–H and O–H groups in total. The van der Waals surface area contributed by atoms with E-state index >= 15 is 0 Å². The zero-order valence-corrected chi connectivity index (χ0v) is 7.68. The summed E-state index contributed by atoms with van der Waals surface area (Å²) in [6, 6.07) is 0. The van der Waals surface area contributed by atoms with Crippen LogP contribution in [-0.2, 0) is 12.6 Å². The van der Waals surface area contributed by atoms with Gasteiger partial charge in [-0.2, -0.15) is 5.10 Å². The van der Waals surface area contributed by atoms with Gasteiger partial charge >= 0.3 is 0 Å². The van der Waals surface area contributed by atoms with E-state index in [1.165, 1.54) is 0 Å². The molecule has 0 saturated heterocycles. The minimum Gasteiger partial charge on any atom is -0.321 e. The molecule has 3 nitrogen and oxygen atoms in total. The first-order valence-electron chi connectivity index (χ1n) is 3.40. The third kappa shape index (κ3) is 1.54. The molecule has 1 aromatic rings. The number of hydrogen-bond donors (Lipinski definition) is 1. The minimum absolute atomic E-state index is 0.428. The molecule has 0 unspecified atom stereocenters. The molecular weight excluding hydrogens is 162 g/mol. The van der Waals surface area contributed by atoms with E-state index < -0.39 is 5.54 Å². The van der Waals surface area contributed by atoms with Crippen LogP contribution in [0.3, 0.4) is 0 Å². The van der Waals surface area contributed by atoms with Gasteiger partial charge in [-0.15, -0.1) is 0 Å². The van der Waals surface area contributed by atoms with Crippen LogP contribution in [0, 0.1) is 0 Å². The van der Waals surface area contributed by atoms with Gasteiger partial charge in [-0.05, 0) is 13.8 Å². The topological polar surface area (TPSA) is 43.8 Å². The highest BCUT2D eigenvalue weighted by molar-refractivity contribution is 6.31. The van der Waals surface area contributed by atoms with E-state index in [1.54, 1.807) is 10.9 Å². The minimum atomic E-state index is -0.428. The van der Waals surface area contributed by atoms with Crippen molar-refractivity contribution in [3.63, 3.8) is 0 Å². The van der Waals surface area contributed by atoms with Crippen LogP contribution in [0.25, 0.3) is 0 Å². The average molecular weight is 174 g/mol. The molecule has 0 aliphatic heterocycles. The molecule has 0 aliphatic carbocycles. The number of aromatic nitrogens is 2. The predicted octanol–water partition coefficient (Wildman–Crippen LogP) is 1.27. The molecule has 0 bridgehead atoms. The van der Waals surface area contributed by atoms with Gasteiger partial charge in [0.2, 0.25) is 0 Å². The van der Waals surface area contributed by atoms with Crippen LogP contribution in [0.15, 0.2) is 6.20 Å². The number of nitrogens with zero attached hydrogens (tertiary/aromatic N) is 2. The Balaban J connectivity index is 3.21. The Hall–Kier alpha value is -0.540. The SMILES string of the molecule is Cn1ncc(Cl)c1C(C)(C)N. The fourth-order valence-electron chi connectivity index (χ4n) is 1.14. The first-order chi connectivity index (χ1) is 4.93. The molecule has 0 radical (unpaired) electrons. The van der Waals surface area contributed by atoms with Gasteiger partial charge in [0.25, 0.3) is 0 Å². The van der Waals surface area contributed by atoms with Crippen molar-refractivity contribution >= 4 is 11.6 Å². The zero-order valence-electron chi connectivity index (χ0n) is 6.93. The second-order valence-corrected chi connectivity index (χ2v) is 3.59. The third-order valence-corrected chi connectivity index (χ3v) is 1.78. The number of aryl methyl sites for hydroxylation is 1. The summed E-state index contributed by atoms with van der Waals surface area (Å²) in [5.41, 5.74) is 6.29. The molecule has 4 heteroatoms. The molecule has 62 valence electrons. The molecule has 11 heavy (non-hydrogen) atoms. The lowest BCUT2D eigenvalue weighted by atomic mass is 10.0. The number of hydrogen-bond acceptors (Lipinski definition) is 2. The van der Waals surface area contributed by atoms with Crippen LogP contribution in [-0.4, -0.2) is 9.78 Å². The first kappa shape index (κ1) is 8.56. The van der Waals surface area contributed by atoms with Crippen molar-refractivity contribution in [1.29, 1.82) is 0 Å². The van der Waals surface area contributed by atoms with Crippen molar-refractivity contribution in [3.05, 3.63) is 16.9 Å². The summed E-state index contributed by atoms with van der Waals surface area (Å²) in [5, 5.41) is 4.61. The van der Waals surface area contributed by atoms with Gasteiger partial charge in [0, 0.05) is 7.05 Å². The van der Waals surface area contributed by atoms with Crippen LogP contribution < -0.4 is 5.73 Å². The molecule has 0 aromatic carbocycles. The van der Waals surface area contributed by atoms with Crippen LogP contribution >= 0.6 is 11.6 Å². The van der Waals surface area contributed by atoms with Crippen molar-refractivity contribution < 1.29 is 0 Å². The smallest absolute Gasteiger partial charge is 0.0836 e. The summed E-state index contributed by atoms with van der Waals surface area (Å²) in [6.07, 6.45) is 1.60. The highest BCUT2D eigenvalue weighted by atomic mass is 35.5. The molecule has 0 saturated carbocycles. The Morgan fingerprint density at radius 3 is 2.36 bits per heavy atom. The van der Waals surface area contributed by atoms with Gasteiger partial charge in [0.1, 0.15) is 0 Å². The van der Waals surface area contributed by atoms with Crippen molar-refractivity contribution in [3.8, 4) is 0 Å². The van der Waals surface area contributed by atoms with E-state index in [-0.39, 0.29) is 0 Å². The quantitative estimate of drug-likeness (QED) is 0.695. The Kier molecular flexibility index (Phi) is 1.94. The van der Waals surface area contributed by atoms with E-state index in [4.69, 9.17) is 17.3 Å². The fraction of sp³-hybridized carbons (Fsp3) is 0.571. The lowest BCUT2D eigenvalue weighted by molar-refractivity contribution is 0.497. The highest BCUT2D eigenvalue weighted by Gasteiger charge is 2.21. The normalized spacial score (nSPS) is 12.1. The lowest BCUT2D eigenvalue weighted by Crippen LogP contribution is -2.31. The summed E-state index contributed by atoms with van der Waals surface area (Å²) in [4.78, 5) is 0. The Morgan fingerprint density at radius 1 is 1.64 bits per heavy atom. The van der Waals surface area contributed by atoms with E-state index in [0.29, 0.717) is 5.02 Å². The van der Waals surface area contributed by atoms with Gasteiger partial charge in [0.05, 0.1) is 22.5 Å². The van der Waals surface area contributed by atoms with Crippen LogP contribution in [0.4, 0.5) is 0 Å². The number of halogens is 1.